The van der Waals surface area contributed by atoms with Crippen LogP contribution in [0.4, 0.5) is 23.4 Å². The van der Waals surface area contributed by atoms with Crippen LogP contribution in [0.15, 0.2) is 49.1 Å². The molecular formula is C23H19F4N5O. The molecule has 0 unspecified atom stereocenters. The monoisotopic (exact) mass is 457 g/mol. The van der Waals surface area contributed by atoms with Gasteiger partial charge >= 0.3 is 6.18 Å². The number of ketones is 1. The molecule has 4 heterocycles. The molecular weight excluding hydrogens is 438 g/mol. The van der Waals surface area contributed by atoms with Crippen molar-refractivity contribution in [3.05, 3.63) is 82.8 Å². The number of nitrogens with zero attached hydrogens (tertiary/aromatic N) is 3. The average Bonchev–Trinajstić information content (AvgIpc) is 3.15. The van der Waals surface area contributed by atoms with E-state index < -0.39 is 17.7 Å². The minimum atomic E-state index is -4.51. The minimum Gasteiger partial charge on any atom is -0.366 e. The number of fused-ring (bicyclic) bond motifs is 1. The van der Waals surface area contributed by atoms with E-state index in [1.165, 1.54) is 19.1 Å². The first-order valence-corrected chi connectivity index (χ1v) is 10.0. The second-order valence-electron chi connectivity index (χ2n) is 7.64. The second-order valence-corrected chi connectivity index (χ2v) is 7.64. The summed E-state index contributed by atoms with van der Waals surface area (Å²) < 4.78 is 54.0. The summed E-state index contributed by atoms with van der Waals surface area (Å²) in [6, 6.07) is 5.79. The molecule has 0 bridgehead atoms. The Bertz CT molecular complexity index is 1320. The maximum absolute atomic E-state index is 14.7. The summed E-state index contributed by atoms with van der Waals surface area (Å²) in [6.07, 6.45) is 1.51. The molecule has 6 nitrogen and oxygen atoms in total. The molecule has 4 aromatic heterocycles. The minimum absolute atomic E-state index is 0.0141. The number of halogens is 4. The van der Waals surface area contributed by atoms with Gasteiger partial charge in [-0.1, -0.05) is 6.07 Å². The van der Waals surface area contributed by atoms with Crippen LogP contribution in [0.3, 0.4) is 0 Å². The summed E-state index contributed by atoms with van der Waals surface area (Å²) in [5, 5.41) is 3.50. The summed E-state index contributed by atoms with van der Waals surface area (Å²) in [7, 11) is 0. The lowest BCUT2D eigenvalue weighted by Crippen LogP contribution is -2.13. The third-order valence-corrected chi connectivity index (χ3v) is 5.10. The van der Waals surface area contributed by atoms with E-state index in [-0.39, 0.29) is 36.6 Å². The number of pyridine rings is 3. The summed E-state index contributed by atoms with van der Waals surface area (Å²) >= 11 is 0. The van der Waals surface area contributed by atoms with Crippen LogP contribution in [0.5, 0.6) is 0 Å². The van der Waals surface area contributed by atoms with Gasteiger partial charge in [-0.2, -0.15) is 17.6 Å². The van der Waals surface area contributed by atoms with Gasteiger partial charge in [0.2, 0.25) is 5.95 Å². The largest absolute Gasteiger partial charge is 0.416 e. The first kappa shape index (κ1) is 22.4. The lowest BCUT2D eigenvalue weighted by molar-refractivity contribution is -0.138. The second kappa shape index (κ2) is 8.97. The van der Waals surface area contributed by atoms with Crippen molar-refractivity contribution in [2.45, 2.75) is 32.5 Å². The van der Waals surface area contributed by atoms with E-state index in [4.69, 9.17) is 0 Å². The number of hydrogen-bond donors (Lipinski definition) is 2. The van der Waals surface area contributed by atoms with Gasteiger partial charge in [-0.25, -0.2) is 9.97 Å². The Hall–Kier alpha value is -3.82. The maximum atomic E-state index is 14.7. The molecule has 170 valence electrons. The van der Waals surface area contributed by atoms with Crippen molar-refractivity contribution in [1.82, 2.24) is 19.9 Å². The summed E-state index contributed by atoms with van der Waals surface area (Å²) in [5.41, 5.74) is 1.62. The molecule has 0 radical (unpaired) electrons. The number of rotatable bonds is 7. The molecule has 10 heteroatoms. The number of H-pyrrole nitrogens is 1. The Morgan fingerprint density at radius 3 is 2.67 bits per heavy atom. The van der Waals surface area contributed by atoms with Gasteiger partial charge in [0.25, 0.3) is 0 Å². The fraction of sp³-hybridized carbons (Fsp3) is 0.217. The van der Waals surface area contributed by atoms with Crippen molar-refractivity contribution in [3.63, 3.8) is 0 Å². The van der Waals surface area contributed by atoms with Crippen LogP contribution in [0, 0.1) is 5.95 Å². The highest BCUT2D eigenvalue weighted by molar-refractivity contribution is 5.83. The van der Waals surface area contributed by atoms with E-state index in [9.17, 15) is 22.4 Å². The van der Waals surface area contributed by atoms with E-state index >= 15 is 0 Å². The first-order valence-electron chi connectivity index (χ1n) is 10.0. The maximum Gasteiger partial charge on any atom is 0.416 e. The highest BCUT2D eigenvalue weighted by atomic mass is 19.4. The SMILES string of the molecule is CC(=O)Cc1cnc2[nH]cc(Cc3ccc(NCc4cnccc4C(F)(F)F)nc3F)c2c1. The Morgan fingerprint density at radius 1 is 1.12 bits per heavy atom. The number of aromatic amines is 1. The number of aromatic nitrogens is 4. The molecule has 0 aliphatic carbocycles. The Balaban J connectivity index is 1.50. The summed E-state index contributed by atoms with van der Waals surface area (Å²) in [5.74, 6) is -0.609. The van der Waals surface area contributed by atoms with Crippen LogP contribution in [-0.2, 0) is 30.4 Å². The van der Waals surface area contributed by atoms with E-state index in [2.05, 4.69) is 25.3 Å². The first-order chi connectivity index (χ1) is 15.7. The van der Waals surface area contributed by atoms with E-state index in [1.807, 2.05) is 6.07 Å². The topological polar surface area (TPSA) is 83.6 Å². The number of anilines is 1. The van der Waals surface area contributed by atoms with Gasteiger partial charge in [-0.15, -0.1) is 0 Å². The van der Waals surface area contributed by atoms with E-state index in [0.29, 0.717) is 11.2 Å². The zero-order chi connectivity index (χ0) is 23.6. The molecule has 0 spiro atoms. The molecule has 4 rings (SSSR count). The number of carbonyl (C=O) groups is 1. The predicted molar refractivity (Wildman–Crippen MR) is 114 cm³/mol. The third-order valence-electron chi connectivity index (χ3n) is 5.10. The van der Waals surface area contributed by atoms with Crippen molar-refractivity contribution < 1.29 is 22.4 Å². The van der Waals surface area contributed by atoms with Gasteiger partial charge in [0, 0.05) is 60.7 Å². The van der Waals surface area contributed by atoms with Crippen LogP contribution in [-0.4, -0.2) is 25.7 Å². The molecule has 33 heavy (non-hydrogen) atoms. The number of hydrogen-bond acceptors (Lipinski definition) is 5. The van der Waals surface area contributed by atoms with Crippen molar-refractivity contribution in [2.75, 3.05) is 5.32 Å². The van der Waals surface area contributed by atoms with Crippen LogP contribution in [0.1, 0.15) is 34.7 Å². The van der Waals surface area contributed by atoms with Crippen molar-refractivity contribution >= 4 is 22.6 Å². The molecule has 0 fully saturated rings. The lowest BCUT2D eigenvalue weighted by atomic mass is 10.0. The van der Waals surface area contributed by atoms with E-state index in [0.717, 1.165) is 35.0 Å². The standard InChI is InChI=1S/C23H19F4N5O/c1-13(33)6-14-7-18-16(11-31-22(18)30-9-14)8-15-2-3-20(32-21(15)24)29-12-17-10-28-5-4-19(17)23(25,26)27/h2-5,7,9-11H,6,8,12H2,1H3,(H,29,32)(H,30,31). The van der Waals surface area contributed by atoms with Gasteiger partial charge in [-0.05, 0) is 36.2 Å². The molecule has 0 atom stereocenters. The summed E-state index contributed by atoms with van der Waals surface area (Å²) in [4.78, 5) is 26.3. The number of carbonyl (C=O) groups excluding carboxylic acids is 1. The van der Waals surface area contributed by atoms with Gasteiger partial charge in [0.15, 0.2) is 0 Å². The predicted octanol–water partition coefficient (Wildman–Crippen LogP) is 4.85. The number of alkyl halides is 3. The Kier molecular flexibility index (Phi) is 6.08. The highest BCUT2D eigenvalue weighted by Gasteiger charge is 2.33. The van der Waals surface area contributed by atoms with Gasteiger partial charge in [-0.3, -0.25) is 9.78 Å². The van der Waals surface area contributed by atoms with Crippen LogP contribution < -0.4 is 5.32 Å². The zero-order valence-electron chi connectivity index (χ0n) is 17.5. The lowest BCUT2D eigenvalue weighted by Gasteiger charge is -2.13. The van der Waals surface area contributed by atoms with Crippen LogP contribution in [0.2, 0.25) is 0 Å². The summed E-state index contributed by atoms with van der Waals surface area (Å²) in [6.45, 7) is 1.29. The van der Waals surface area contributed by atoms with Crippen molar-refractivity contribution in [3.8, 4) is 0 Å². The Labute approximate surface area is 186 Å². The van der Waals surface area contributed by atoms with Crippen molar-refractivity contribution in [1.29, 1.82) is 0 Å². The highest BCUT2D eigenvalue weighted by Crippen LogP contribution is 2.31. The van der Waals surface area contributed by atoms with Gasteiger partial charge in [0.1, 0.15) is 17.2 Å². The zero-order valence-corrected chi connectivity index (χ0v) is 17.5. The molecule has 0 saturated heterocycles. The van der Waals surface area contributed by atoms with Gasteiger partial charge < -0.3 is 10.3 Å². The van der Waals surface area contributed by atoms with Gasteiger partial charge in [0.05, 0.1) is 5.56 Å². The fourth-order valence-electron chi connectivity index (χ4n) is 3.56. The van der Waals surface area contributed by atoms with Crippen molar-refractivity contribution in [2.24, 2.45) is 0 Å². The number of Topliss-reactive ketones (excluding diaryl/α,β-unsaturated/α-hetero) is 1. The number of nitrogens with one attached hydrogen (secondary N) is 2. The molecule has 4 aromatic rings. The fourth-order valence-corrected chi connectivity index (χ4v) is 3.56. The third kappa shape index (κ3) is 5.16. The average molecular weight is 457 g/mol. The molecule has 2 N–H and O–H groups in total. The molecule has 0 saturated carbocycles. The quantitative estimate of drug-likeness (QED) is 0.306. The van der Waals surface area contributed by atoms with Crippen LogP contribution >= 0.6 is 0 Å². The molecule has 0 aliphatic rings. The smallest absolute Gasteiger partial charge is 0.366 e. The molecule has 0 amide bonds. The van der Waals surface area contributed by atoms with Crippen LogP contribution in [0.25, 0.3) is 11.0 Å². The normalized spacial score (nSPS) is 11.7. The Morgan fingerprint density at radius 2 is 1.94 bits per heavy atom. The molecule has 0 aliphatic heterocycles. The van der Waals surface area contributed by atoms with E-state index in [1.54, 1.807) is 12.4 Å². The molecule has 0 aromatic carbocycles.